The Bertz CT molecular complexity index is 500. The lowest BCUT2D eigenvalue weighted by Gasteiger charge is -2.03. The van der Waals surface area contributed by atoms with Crippen molar-refractivity contribution in [3.8, 4) is 11.3 Å². The van der Waals surface area contributed by atoms with Crippen LogP contribution in [0.15, 0.2) is 24.3 Å². The highest BCUT2D eigenvalue weighted by Gasteiger charge is 2.11. The minimum atomic E-state index is -0.426. The normalized spacial score (nSPS) is 10.2. The van der Waals surface area contributed by atoms with E-state index in [4.69, 9.17) is 11.5 Å². The fourth-order valence-corrected chi connectivity index (χ4v) is 1.20. The van der Waals surface area contributed by atoms with E-state index in [2.05, 4.69) is 15.2 Å². The number of halogens is 1. The fraction of sp³-hybridized carbons (Fsp3) is 0. The van der Waals surface area contributed by atoms with E-state index in [0.717, 1.165) is 0 Å². The molecule has 1 aromatic carbocycles. The van der Waals surface area contributed by atoms with Crippen molar-refractivity contribution in [1.29, 1.82) is 0 Å². The quantitative estimate of drug-likeness (QED) is 0.719. The van der Waals surface area contributed by atoms with Gasteiger partial charge in [-0.3, -0.25) is 0 Å². The lowest BCUT2D eigenvalue weighted by molar-refractivity contribution is 0.630. The first-order valence-electron chi connectivity index (χ1n) is 4.19. The highest BCUT2D eigenvalue weighted by Crippen LogP contribution is 2.23. The number of rotatable bonds is 1. The van der Waals surface area contributed by atoms with Gasteiger partial charge in [0.25, 0.3) is 0 Å². The number of hydrogen-bond acceptors (Lipinski definition) is 5. The maximum absolute atomic E-state index is 13.4. The third-order valence-corrected chi connectivity index (χ3v) is 1.86. The number of nitrogens with zero attached hydrogens (tertiary/aromatic N) is 3. The van der Waals surface area contributed by atoms with Crippen molar-refractivity contribution in [1.82, 2.24) is 15.2 Å². The predicted molar refractivity (Wildman–Crippen MR) is 54.0 cm³/mol. The van der Waals surface area contributed by atoms with Crippen LogP contribution in [0.2, 0.25) is 0 Å². The van der Waals surface area contributed by atoms with Crippen LogP contribution in [0, 0.1) is 5.82 Å². The van der Waals surface area contributed by atoms with Crippen molar-refractivity contribution in [3.05, 3.63) is 30.1 Å². The maximum Gasteiger partial charge on any atom is 0.242 e. The van der Waals surface area contributed by atoms with Crippen molar-refractivity contribution < 1.29 is 4.39 Å². The lowest BCUT2D eigenvalue weighted by Crippen LogP contribution is -2.04. The molecule has 0 aliphatic carbocycles. The third kappa shape index (κ3) is 1.69. The van der Waals surface area contributed by atoms with Crippen LogP contribution >= 0.6 is 0 Å². The molecule has 0 fully saturated rings. The van der Waals surface area contributed by atoms with Crippen molar-refractivity contribution in [2.24, 2.45) is 0 Å². The summed E-state index contributed by atoms with van der Waals surface area (Å²) in [5, 5.41) is 7.23. The number of hydrogen-bond donors (Lipinski definition) is 2. The van der Waals surface area contributed by atoms with Crippen LogP contribution in [-0.4, -0.2) is 15.2 Å². The predicted octanol–water partition coefficient (Wildman–Crippen LogP) is 0.842. The molecule has 6 heteroatoms. The highest BCUT2D eigenvalue weighted by atomic mass is 19.1. The Balaban J connectivity index is 2.60. The second-order valence-corrected chi connectivity index (χ2v) is 2.88. The number of anilines is 2. The molecule has 0 aliphatic rings. The van der Waals surface area contributed by atoms with Crippen LogP contribution in [0.5, 0.6) is 0 Å². The van der Waals surface area contributed by atoms with Gasteiger partial charge in [0.15, 0.2) is 5.82 Å². The maximum atomic E-state index is 13.4. The SMILES string of the molecule is Nc1nnc(-c2ccccc2F)c(N)n1. The van der Waals surface area contributed by atoms with Gasteiger partial charge in [0, 0.05) is 5.56 Å². The molecule has 0 saturated heterocycles. The van der Waals surface area contributed by atoms with Gasteiger partial charge in [0.2, 0.25) is 5.95 Å². The lowest BCUT2D eigenvalue weighted by atomic mass is 10.1. The first-order chi connectivity index (χ1) is 7.18. The smallest absolute Gasteiger partial charge is 0.242 e. The van der Waals surface area contributed by atoms with Crippen LogP contribution in [0.4, 0.5) is 16.2 Å². The van der Waals surface area contributed by atoms with E-state index < -0.39 is 5.82 Å². The zero-order valence-corrected chi connectivity index (χ0v) is 7.68. The van der Waals surface area contributed by atoms with Gasteiger partial charge >= 0.3 is 0 Å². The largest absolute Gasteiger partial charge is 0.382 e. The van der Waals surface area contributed by atoms with E-state index in [1.807, 2.05) is 0 Å². The van der Waals surface area contributed by atoms with Crippen LogP contribution in [0.3, 0.4) is 0 Å². The highest BCUT2D eigenvalue weighted by molar-refractivity contribution is 5.70. The zero-order chi connectivity index (χ0) is 10.8. The molecule has 2 rings (SSSR count). The standard InChI is InChI=1S/C9H8FN5/c10-6-4-2-1-3-5(6)7-8(11)13-9(12)15-14-7/h1-4H,(H4,11,12,13,15). The Hall–Kier alpha value is -2.24. The molecule has 76 valence electrons. The fourth-order valence-electron chi connectivity index (χ4n) is 1.20. The van der Waals surface area contributed by atoms with Gasteiger partial charge in [-0.1, -0.05) is 12.1 Å². The van der Waals surface area contributed by atoms with E-state index >= 15 is 0 Å². The van der Waals surface area contributed by atoms with E-state index in [9.17, 15) is 4.39 Å². The first-order valence-corrected chi connectivity index (χ1v) is 4.19. The van der Waals surface area contributed by atoms with Crippen molar-refractivity contribution in [2.75, 3.05) is 11.5 Å². The van der Waals surface area contributed by atoms with Crippen molar-refractivity contribution in [2.45, 2.75) is 0 Å². The summed E-state index contributed by atoms with van der Waals surface area (Å²) in [7, 11) is 0. The molecule has 1 heterocycles. The van der Waals surface area contributed by atoms with Crippen molar-refractivity contribution >= 4 is 11.8 Å². The Morgan fingerprint density at radius 2 is 1.80 bits per heavy atom. The van der Waals surface area contributed by atoms with Gasteiger partial charge in [-0.05, 0) is 12.1 Å². The van der Waals surface area contributed by atoms with Gasteiger partial charge in [-0.2, -0.15) is 4.98 Å². The minimum absolute atomic E-state index is 0.0346. The average molecular weight is 205 g/mol. The second-order valence-electron chi connectivity index (χ2n) is 2.88. The summed E-state index contributed by atoms with van der Waals surface area (Å²) in [5.41, 5.74) is 11.3. The summed E-state index contributed by atoms with van der Waals surface area (Å²) in [6.45, 7) is 0. The number of aromatic nitrogens is 3. The van der Waals surface area contributed by atoms with Crippen LogP contribution < -0.4 is 11.5 Å². The van der Waals surface area contributed by atoms with Gasteiger partial charge in [-0.15, -0.1) is 10.2 Å². The molecule has 0 aliphatic heterocycles. The summed E-state index contributed by atoms with van der Waals surface area (Å²) in [6, 6.07) is 6.11. The van der Waals surface area contributed by atoms with E-state index in [-0.39, 0.29) is 23.0 Å². The molecule has 0 saturated carbocycles. The summed E-state index contributed by atoms with van der Waals surface area (Å²) in [6.07, 6.45) is 0. The minimum Gasteiger partial charge on any atom is -0.382 e. The molecule has 0 bridgehead atoms. The third-order valence-electron chi connectivity index (χ3n) is 1.86. The van der Waals surface area contributed by atoms with Crippen molar-refractivity contribution in [3.63, 3.8) is 0 Å². The van der Waals surface area contributed by atoms with E-state index in [0.29, 0.717) is 0 Å². The number of benzene rings is 1. The van der Waals surface area contributed by atoms with Crippen LogP contribution in [0.1, 0.15) is 0 Å². The Morgan fingerprint density at radius 3 is 2.47 bits per heavy atom. The molecule has 0 radical (unpaired) electrons. The van der Waals surface area contributed by atoms with Gasteiger partial charge in [0.05, 0.1) is 0 Å². The average Bonchev–Trinajstić information content (AvgIpc) is 2.20. The van der Waals surface area contributed by atoms with Gasteiger partial charge in [-0.25, -0.2) is 4.39 Å². The topological polar surface area (TPSA) is 90.7 Å². The first kappa shape index (κ1) is 9.32. The second kappa shape index (κ2) is 3.49. The molecular formula is C9H8FN5. The Morgan fingerprint density at radius 1 is 1.07 bits per heavy atom. The molecule has 1 aromatic heterocycles. The zero-order valence-electron chi connectivity index (χ0n) is 7.68. The molecule has 5 nitrogen and oxygen atoms in total. The molecular weight excluding hydrogens is 197 g/mol. The van der Waals surface area contributed by atoms with Crippen LogP contribution in [0.25, 0.3) is 11.3 Å². The van der Waals surface area contributed by atoms with E-state index in [1.54, 1.807) is 18.2 Å². The molecule has 2 aromatic rings. The van der Waals surface area contributed by atoms with Gasteiger partial charge < -0.3 is 11.5 Å². The number of nitrogens with two attached hydrogens (primary N) is 2. The Labute approximate surface area is 85.0 Å². The molecule has 0 unspecified atom stereocenters. The monoisotopic (exact) mass is 205 g/mol. The van der Waals surface area contributed by atoms with E-state index in [1.165, 1.54) is 6.07 Å². The molecule has 15 heavy (non-hydrogen) atoms. The summed E-state index contributed by atoms with van der Waals surface area (Å²) in [4.78, 5) is 3.71. The molecule has 0 amide bonds. The Kier molecular flexibility index (Phi) is 2.17. The summed E-state index contributed by atoms with van der Waals surface area (Å²) < 4.78 is 13.4. The molecule has 0 atom stereocenters. The molecule has 0 spiro atoms. The molecule has 4 N–H and O–H groups in total. The van der Waals surface area contributed by atoms with Crippen LogP contribution in [-0.2, 0) is 0 Å². The van der Waals surface area contributed by atoms with Gasteiger partial charge in [0.1, 0.15) is 11.5 Å². The number of nitrogen functional groups attached to an aromatic ring is 2. The summed E-state index contributed by atoms with van der Waals surface area (Å²) >= 11 is 0. The summed E-state index contributed by atoms with van der Waals surface area (Å²) in [5.74, 6) is -0.398.